The van der Waals surface area contributed by atoms with Crippen LogP contribution in [-0.2, 0) is 0 Å². The van der Waals surface area contributed by atoms with E-state index in [-0.39, 0.29) is 0 Å². The maximum atomic E-state index is 4.51. The molecule has 0 atom stereocenters. The molecular formula is C19H22N4S. The summed E-state index contributed by atoms with van der Waals surface area (Å²) < 4.78 is 1.90. The summed E-state index contributed by atoms with van der Waals surface area (Å²) in [6.07, 6.45) is 2.09. The number of aromatic nitrogens is 4. The van der Waals surface area contributed by atoms with E-state index in [0.717, 1.165) is 17.0 Å². The minimum Gasteiger partial charge on any atom is -0.346 e. The zero-order valence-corrected chi connectivity index (χ0v) is 15.8. The third kappa shape index (κ3) is 2.11. The highest BCUT2D eigenvalue weighted by atomic mass is 32.1. The second kappa shape index (κ2) is 5.18. The lowest BCUT2D eigenvalue weighted by molar-refractivity contribution is 0.875. The summed E-state index contributed by atoms with van der Waals surface area (Å²) in [5.41, 5.74) is 7.27. The second-order valence-electron chi connectivity index (χ2n) is 6.89. The Kier molecular flexibility index (Phi) is 3.32. The molecule has 0 saturated heterocycles. The lowest BCUT2D eigenvalue weighted by atomic mass is 9.95. The summed E-state index contributed by atoms with van der Waals surface area (Å²) in [6, 6.07) is 2.22. The average molecular weight is 338 g/mol. The molecule has 0 unspecified atom stereocenters. The third-order valence-electron chi connectivity index (χ3n) is 4.75. The van der Waals surface area contributed by atoms with E-state index in [0.29, 0.717) is 5.92 Å². The van der Waals surface area contributed by atoms with Gasteiger partial charge in [-0.05, 0) is 56.4 Å². The molecular weight excluding hydrogens is 316 g/mol. The van der Waals surface area contributed by atoms with Crippen molar-refractivity contribution < 1.29 is 0 Å². The van der Waals surface area contributed by atoms with Gasteiger partial charge in [-0.3, -0.25) is 0 Å². The Morgan fingerprint density at radius 1 is 1.17 bits per heavy atom. The smallest absolute Gasteiger partial charge is 0.158 e. The number of nitrogens with one attached hydrogen (secondary N) is 1. The molecule has 0 fully saturated rings. The molecule has 24 heavy (non-hydrogen) atoms. The standard InChI is InChI=1S/C19H22N4S/c1-9(2)15-16-11(4)12(5)24-19(16)21-17(15)14-7-10(3)18-20-13(6)22-23(18)8-14/h7-9,21H,1-6H3. The Hall–Kier alpha value is -2.14. The Balaban J connectivity index is 2.04. The van der Waals surface area contributed by atoms with Crippen LogP contribution in [0.5, 0.6) is 0 Å². The van der Waals surface area contributed by atoms with Crippen LogP contribution in [0.3, 0.4) is 0 Å². The van der Waals surface area contributed by atoms with Gasteiger partial charge in [0.15, 0.2) is 5.65 Å². The molecule has 0 aliphatic carbocycles. The van der Waals surface area contributed by atoms with Gasteiger partial charge >= 0.3 is 0 Å². The zero-order valence-electron chi connectivity index (χ0n) is 15.0. The Labute approximate surface area is 145 Å². The van der Waals surface area contributed by atoms with Gasteiger partial charge in [-0.15, -0.1) is 11.3 Å². The lowest BCUT2D eigenvalue weighted by Crippen LogP contribution is -1.96. The van der Waals surface area contributed by atoms with Crippen molar-refractivity contribution in [3.8, 4) is 11.3 Å². The topological polar surface area (TPSA) is 46.0 Å². The quantitative estimate of drug-likeness (QED) is 0.539. The number of hydrogen-bond donors (Lipinski definition) is 1. The number of hydrogen-bond acceptors (Lipinski definition) is 3. The van der Waals surface area contributed by atoms with Crippen LogP contribution in [0.4, 0.5) is 0 Å². The van der Waals surface area contributed by atoms with Gasteiger partial charge in [0.25, 0.3) is 0 Å². The first-order valence-corrected chi connectivity index (χ1v) is 9.14. The minimum absolute atomic E-state index is 0.454. The minimum atomic E-state index is 0.454. The number of fused-ring (bicyclic) bond motifs is 2. The van der Waals surface area contributed by atoms with E-state index in [1.165, 1.54) is 37.5 Å². The van der Waals surface area contributed by atoms with Crippen LogP contribution in [-0.4, -0.2) is 19.6 Å². The fourth-order valence-corrected chi connectivity index (χ4v) is 4.62. The molecule has 4 heterocycles. The average Bonchev–Trinajstić information content (AvgIpc) is 3.13. The van der Waals surface area contributed by atoms with E-state index in [4.69, 9.17) is 0 Å². The first kappa shape index (κ1) is 15.4. The first-order valence-electron chi connectivity index (χ1n) is 8.32. The van der Waals surface area contributed by atoms with Gasteiger partial charge in [-0.1, -0.05) is 13.8 Å². The van der Waals surface area contributed by atoms with E-state index in [9.17, 15) is 0 Å². The molecule has 0 spiro atoms. The van der Waals surface area contributed by atoms with Gasteiger partial charge in [-0.25, -0.2) is 9.50 Å². The normalized spacial score (nSPS) is 12.1. The van der Waals surface area contributed by atoms with Crippen LogP contribution in [0.25, 0.3) is 27.1 Å². The first-order chi connectivity index (χ1) is 11.4. The van der Waals surface area contributed by atoms with Crippen LogP contribution in [0.2, 0.25) is 0 Å². The molecule has 4 aromatic heterocycles. The van der Waals surface area contributed by atoms with Crippen molar-refractivity contribution in [1.29, 1.82) is 0 Å². The van der Waals surface area contributed by atoms with Crippen molar-refractivity contribution >= 4 is 27.2 Å². The largest absolute Gasteiger partial charge is 0.346 e. The fourth-order valence-electron chi connectivity index (χ4n) is 3.54. The molecule has 0 bridgehead atoms. The van der Waals surface area contributed by atoms with E-state index < -0.39 is 0 Å². The SMILES string of the molecule is Cc1nc2c(C)cc(-c3[nH]c4sc(C)c(C)c4c3C(C)C)cn2n1. The van der Waals surface area contributed by atoms with Gasteiger partial charge in [0.2, 0.25) is 0 Å². The van der Waals surface area contributed by atoms with Gasteiger partial charge < -0.3 is 4.98 Å². The van der Waals surface area contributed by atoms with Crippen LogP contribution >= 0.6 is 11.3 Å². The maximum absolute atomic E-state index is 4.51. The van der Waals surface area contributed by atoms with Crippen LogP contribution < -0.4 is 0 Å². The summed E-state index contributed by atoms with van der Waals surface area (Å²) >= 11 is 1.85. The Morgan fingerprint density at radius 2 is 1.92 bits per heavy atom. The second-order valence-corrected chi connectivity index (χ2v) is 8.12. The molecule has 0 aliphatic rings. The maximum Gasteiger partial charge on any atom is 0.158 e. The Morgan fingerprint density at radius 3 is 2.62 bits per heavy atom. The van der Waals surface area contributed by atoms with E-state index >= 15 is 0 Å². The third-order valence-corrected chi connectivity index (χ3v) is 5.87. The van der Waals surface area contributed by atoms with Crippen molar-refractivity contribution in [3.05, 3.63) is 39.7 Å². The number of aryl methyl sites for hydroxylation is 4. The molecule has 0 amide bonds. The summed E-state index contributed by atoms with van der Waals surface area (Å²) in [4.78, 5) is 10.9. The number of thiophene rings is 1. The van der Waals surface area contributed by atoms with Crippen molar-refractivity contribution in [2.45, 2.75) is 47.5 Å². The Bertz CT molecular complexity index is 1080. The molecule has 0 saturated carbocycles. The van der Waals surface area contributed by atoms with Gasteiger partial charge in [0.05, 0.1) is 5.69 Å². The predicted octanol–water partition coefficient (Wildman–Crippen LogP) is 5.30. The highest BCUT2D eigenvalue weighted by Crippen LogP contribution is 2.41. The summed E-state index contributed by atoms with van der Waals surface area (Å²) in [5, 5.41) is 5.90. The number of H-pyrrole nitrogens is 1. The number of nitrogens with zero attached hydrogens (tertiary/aromatic N) is 3. The molecule has 0 aromatic carbocycles. The number of aromatic amines is 1. The van der Waals surface area contributed by atoms with Crippen LogP contribution in [0.15, 0.2) is 12.3 Å². The predicted molar refractivity (Wildman–Crippen MR) is 101 cm³/mol. The molecule has 4 aromatic rings. The fraction of sp³-hybridized carbons (Fsp3) is 0.368. The molecule has 4 rings (SSSR count). The molecule has 1 N–H and O–H groups in total. The van der Waals surface area contributed by atoms with Crippen molar-refractivity contribution in [1.82, 2.24) is 19.6 Å². The molecule has 124 valence electrons. The highest BCUT2D eigenvalue weighted by molar-refractivity contribution is 7.18. The summed E-state index contributed by atoms with van der Waals surface area (Å²) in [5.74, 6) is 1.26. The summed E-state index contributed by atoms with van der Waals surface area (Å²) in [6.45, 7) is 13.0. The van der Waals surface area contributed by atoms with Gasteiger partial charge in [0, 0.05) is 22.0 Å². The van der Waals surface area contributed by atoms with Gasteiger partial charge in [-0.2, -0.15) is 5.10 Å². The number of pyridine rings is 1. The zero-order chi connectivity index (χ0) is 17.2. The van der Waals surface area contributed by atoms with Crippen molar-refractivity contribution in [2.24, 2.45) is 0 Å². The van der Waals surface area contributed by atoms with Crippen molar-refractivity contribution in [3.63, 3.8) is 0 Å². The van der Waals surface area contributed by atoms with E-state index in [1.54, 1.807) is 0 Å². The monoisotopic (exact) mass is 338 g/mol. The van der Waals surface area contributed by atoms with Crippen molar-refractivity contribution in [2.75, 3.05) is 0 Å². The molecule has 0 radical (unpaired) electrons. The van der Waals surface area contributed by atoms with Gasteiger partial charge in [0.1, 0.15) is 10.7 Å². The van der Waals surface area contributed by atoms with E-state index in [2.05, 4.69) is 61.9 Å². The van der Waals surface area contributed by atoms with Crippen LogP contribution in [0.1, 0.15) is 47.2 Å². The van der Waals surface area contributed by atoms with Crippen LogP contribution in [0, 0.1) is 27.7 Å². The number of rotatable bonds is 2. The summed E-state index contributed by atoms with van der Waals surface area (Å²) in [7, 11) is 0. The highest BCUT2D eigenvalue weighted by Gasteiger charge is 2.21. The molecule has 4 nitrogen and oxygen atoms in total. The lowest BCUT2D eigenvalue weighted by Gasteiger charge is -2.10. The van der Waals surface area contributed by atoms with E-state index in [1.807, 2.05) is 22.8 Å². The molecule has 5 heteroatoms. The molecule has 0 aliphatic heterocycles.